The molecule has 0 aromatic heterocycles. The van der Waals surface area contributed by atoms with Crippen LogP contribution < -0.4 is 10.6 Å². The number of carbonyl (C=O) groups excluding carboxylic acids is 2. The third-order valence-electron chi connectivity index (χ3n) is 2.65. The van der Waals surface area contributed by atoms with Crippen LogP contribution >= 0.6 is 0 Å². The molecule has 1 aromatic rings. The van der Waals surface area contributed by atoms with E-state index in [4.69, 9.17) is 0 Å². The van der Waals surface area contributed by atoms with Gasteiger partial charge in [-0.3, -0.25) is 9.59 Å². The first-order valence-electron chi connectivity index (χ1n) is 6.28. The summed E-state index contributed by atoms with van der Waals surface area (Å²) in [4.78, 5) is 22.9. The molecule has 0 saturated carbocycles. The summed E-state index contributed by atoms with van der Waals surface area (Å²) in [5.41, 5.74) is 0.861. The van der Waals surface area contributed by atoms with E-state index in [-0.39, 0.29) is 18.2 Å². The number of carbonyl (C=O) groups is 2. The van der Waals surface area contributed by atoms with Crippen molar-refractivity contribution in [3.8, 4) is 0 Å². The smallest absolute Gasteiger partial charge is 0.251 e. The molecular weight excluding hydrogens is 294 g/mol. The molecule has 0 fully saturated rings. The number of rotatable bonds is 6. The number of nitrogens with one attached hydrogen (secondary N) is 2. The summed E-state index contributed by atoms with van der Waals surface area (Å²) in [5.74, 6) is -0.794. The zero-order valence-corrected chi connectivity index (χ0v) is 13.0. The van der Waals surface area contributed by atoms with Crippen molar-refractivity contribution >= 4 is 27.5 Å². The van der Waals surface area contributed by atoms with Gasteiger partial charge in [-0.15, -0.1) is 0 Å². The second-order valence-electron chi connectivity index (χ2n) is 4.62. The molecule has 0 spiro atoms. The zero-order valence-electron chi connectivity index (χ0n) is 12.2. The summed E-state index contributed by atoms with van der Waals surface area (Å²) >= 11 is 0. The summed E-state index contributed by atoms with van der Waals surface area (Å²) in [6, 6.07) is 6.41. The first kappa shape index (κ1) is 17.1. The lowest BCUT2D eigenvalue weighted by atomic mass is 10.2. The summed E-state index contributed by atoms with van der Waals surface area (Å²) in [6.45, 7) is 1.39. The number of benzene rings is 1. The highest BCUT2D eigenvalue weighted by atomic mass is 32.2. The number of sulfonamides is 1. The minimum atomic E-state index is -3.34. The van der Waals surface area contributed by atoms with E-state index < -0.39 is 15.9 Å². The van der Waals surface area contributed by atoms with Crippen LogP contribution in [0.15, 0.2) is 24.3 Å². The largest absolute Gasteiger partial charge is 0.351 e. The van der Waals surface area contributed by atoms with E-state index in [9.17, 15) is 18.0 Å². The minimum Gasteiger partial charge on any atom is -0.351 e. The first-order chi connectivity index (χ1) is 9.72. The normalized spacial score (nSPS) is 11.2. The topological polar surface area (TPSA) is 95.6 Å². The van der Waals surface area contributed by atoms with E-state index in [1.54, 1.807) is 18.2 Å². The molecule has 0 aliphatic carbocycles. The van der Waals surface area contributed by atoms with Crippen LogP contribution in [0.2, 0.25) is 0 Å². The standard InChI is InChI=1S/C13H19N3O4S/c1-10(17)15-12-6-4-5-11(9-12)13(18)14-7-8-21(19,20)16(2)3/h4-6,9H,7-8H2,1-3H3,(H,14,18)(H,15,17). The van der Waals surface area contributed by atoms with Crippen LogP contribution in [0.5, 0.6) is 0 Å². The maximum absolute atomic E-state index is 11.9. The minimum absolute atomic E-state index is 0.0176. The second kappa shape index (κ2) is 7.19. The van der Waals surface area contributed by atoms with Crippen LogP contribution in [-0.2, 0) is 14.8 Å². The van der Waals surface area contributed by atoms with Crippen molar-refractivity contribution in [3.63, 3.8) is 0 Å². The van der Waals surface area contributed by atoms with Gasteiger partial charge in [0.25, 0.3) is 5.91 Å². The molecule has 0 unspecified atom stereocenters. The van der Waals surface area contributed by atoms with Crippen LogP contribution in [0.1, 0.15) is 17.3 Å². The van der Waals surface area contributed by atoms with Gasteiger partial charge >= 0.3 is 0 Å². The molecule has 0 atom stereocenters. The Hall–Kier alpha value is -1.93. The predicted molar refractivity (Wildman–Crippen MR) is 80.6 cm³/mol. The van der Waals surface area contributed by atoms with Gasteiger partial charge in [0.1, 0.15) is 0 Å². The van der Waals surface area contributed by atoms with Gasteiger partial charge in [0.2, 0.25) is 15.9 Å². The van der Waals surface area contributed by atoms with Crippen molar-refractivity contribution in [2.45, 2.75) is 6.92 Å². The zero-order chi connectivity index (χ0) is 16.0. The maximum Gasteiger partial charge on any atom is 0.251 e. The van der Waals surface area contributed by atoms with Crippen LogP contribution in [0.3, 0.4) is 0 Å². The molecule has 116 valence electrons. The van der Waals surface area contributed by atoms with E-state index in [0.29, 0.717) is 11.3 Å². The Labute approximate surface area is 124 Å². The first-order valence-corrected chi connectivity index (χ1v) is 7.89. The Balaban J connectivity index is 2.62. The molecule has 0 saturated heterocycles. The molecule has 1 rings (SSSR count). The van der Waals surface area contributed by atoms with Crippen LogP contribution in [0, 0.1) is 0 Å². The van der Waals surface area contributed by atoms with Gasteiger partial charge in [0, 0.05) is 38.8 Å². The van der Waals surface area contributed by atoms with Crippen molar-refractivity contribution in [3.05, 3.63) is 29.8 Å². The van der Waals surface area contributed by atoms with E-state index in [1.807, 2.05) is 0 Å². The highest BCUT2D eigenvalue weighted by molar-refractivity contribution is 7.89. The van der Waals surface area contributed by atoms with Crippen LogP contribution in [-0.4, -0.2) is 50.9 Å². The number of nitrogens with zero attached hydrogens (tertiary/aromatic N) is 1. The van der Waals surface area contributed by atoms with E-state index in [0.717, 1.165) is 4.31 Å². The molecule has 21 heavy (non-hydrogen) atoms. The second-order valence-corrected chi connectivity index (χ2v) is 6.92. The average molecular weight is 313 g/mol. The molecule has 2 amide bonds. The fraction of sp³-hybridized carbons (Fsp3) is 0.385. The quantitative estimate of drug-likeness (QED) is 0.788. The lowest BCUT2D eigenvalue weighted by Crippen LogP contribution is -2.33. The fourth-order valence-corrected chi connectivity index (χ4v) is 2.24. The molecule has 7 nitrogen and oxygen atoms in total. The maximum atomic E-state index is 11.9. The van der Waals surface area contributed by atoms with Gasteiger partial charge in [-0.2, -0.15) is 0 Å². The van der Waals surface area contributed by atoms with Crippen molar-refractivity contribution in [1.82, 2.24) is 9.62 Å². The molecule has 0 radical (unpaired) electrons. The molecule has 2 N–H and O–H groups in total. The third-order valence-corrected chi connectivity index (χ3v) is 4.48. The average Bonchev–Trinajstić information content (AvgIpc) is 2.37. The van der Waals surface area contributed by atoms with Crippen molar-refractivity contribution in [2.24, 2.45) is 0 Å². The fourth-order valence-electron chi connectivity index (χ4n) is 1.52. The van der Waals surface area contributed by atoms with Gasteiger partial charge < -0.3 is 10.6 Å². The Morgan fingerprint density at radius 2 is 1.90 bits per heavy atom. The van der Waals surface area contributed by atoms with E-state index in [1.165, 1.54) is 27.1 Å². The summed E-state index contributed by atoms with van der Waals surface area (Å²) in [7, 11) is -0.461. The molecule has 1 aromatic carbocycles. The Bertz CT molecular complexity index is 626. The molecule has 0 bridgehead atoms. The van der Waals surface area contributed by atoms with Gasteiger partial charge in [-0.05, 0) is 18.2 Å². The van der Waals surface area contributed by atoms with E-state index in [2.05, 4.69) is 10.6 Å². The van der Waals surface area contributed by atoms with Crippen LogP contribution in [0.4, 0.5) is 5.69 Å². The van der Waals surface area contributed by atoms with Crippen molar-refractivity contribution in [2.75, 3.05) is 31.7 Å². The summed E-state index contributed by atoms with van der Waals surface area (Å²) in [5, 5.41) is 5.11. The highest BCUT2D eigenvalue weighted by Gasteiger charge is 2.14. The summed E-state index contributed by atoms with van der Waals surface area (Å²) < 4.78 is 24.2. The van der Waals surface area contributed by atoms with E-state index >= 15 is 0 Å². The number of hydrogen-bond donors (Lipinski definition) is 2. The summed E-state index contributed by atoms with van der Waals surface area (Å²) in [6.07, 6.45) is 0. The molecular formula is C13H19N3O4S. The van der Waals surface area contributed by atoms with Gasteiger partial charge in [-0.1, -0.05) is 6.07 Å². The highest BCUT2D eigenvalue weighted by Crippen LogP contribution is 2.10. The molecule has 0 heterocycles. The predicted octanol–water partition coefficient (Wildman–Crippen LogP) is 0.266. The lowest BCUT2D eigenvalue weighted by Gasteiger charge is -2.12. The Kier molecular flexibility index (Phi) is 5.86. The van der Waals surface area contributed by atoms with Crippen LogP contribution in [0.25, 0.3) is 0 Å². The third kappa shape index (κ3) is 5.52. The lowest BCUT2D eigenvalue weighted by molar-refractivity contribution is -0.114. The van der Waals surface area contributed by atoms with Crippen molar-refractivity contribution < 1.29 is 18.0 Å². The van der Waals surface area contributed by atoms with Gasteiger partial charge in [0.15, 0.2) is 0 Å². The Morgan fingerprint density at radius 1 is 1.24 bits per heavy atom. The molecule has 0 aliphatic heterocycles. The Morgan fingerprint density at radius 3 is 2.48 bits per heavy atom. The molecule has 0 aliphatic rings. The number of anilines is 1. The number of hydrogen-bond acceptors (Lipinski definition) is 4. The van der Waals surface area contributed by atoms with Gasteiger partial charge in [-0.25, -0.2) is 12.7 Å². The number of amides is 2. The van der Waals surface area contributed by atoms with Gasteiger partial charge in [0.05, 0.1) is 5.75 Å². The SMILES string of the molecule is CC(=O)Nc1cccc(C(=O)NCCS(=O)(=O)N(C)C)c1. The van der Waals surface area contributed by atoms with Crippen molar-refractivity contribution in [1.29, 1.82) is 0 Å². The molecule has 8 heteroatoms. The monoisotopic (exact) mass is 313 g/mol.